The minimum absolute atomic E-state index is 0.00591. The highest BCUT2D eigenvalue weighted by Gasteiger charge is 2.27. The predicted molar refractivity (Wildman–Crippen MR) is 96.7 cm³/mol. The van der Waals surface area contributed by atoms with Crippen molar-refractivity contribution in [1.29, 1.82) is 0 Å². The summed E-state index contributed by atoms with van der Waals surface area (Å²) in [6.45, 7) is 2.12. The van der Waals surface area contributed by atoms with Gasteiger partial charge in [-0.05, 0) is 48.5 Å². The van der Waals surface area contributed by atoms with Crippen molar-refractivity contribution in [3.8, 4) is 0 Å². The molecule has 0 saturated heterocycles. The van der Waals surface area contributed by atoms with Gasteiger partial charge in [-0.15, -0.1) is 11.8 Å². The third-order valence-electron chi connectivity index (χ3n) is 3.52. The molecule has 0 aliphatic carbocycles. The quantitative estimate of drug-likeness (QED) is 0.842. The van der Waals surface area contributed by atoms with E-state index in [1.807, 2.05) is 36.4 Å². The smallest absolute Gasteiger partial charge is 0.243 e. The number of nitrogens with one attached hydrogen (secondary N) is 1. The van der Waals surface area contributed by atoms with Crippen molar-refractivity contribution in [3.63, 3.8) is 0 Å². The molecule has 1 N–H and O–H groups in total. The van der Waals surface area contributed by atoms with Crippen LogP contribution in [0.3, 0.4) is 0 Å². The van der Waals surface area contributed by atoms with Crippen LogP contribution in [0, 0.1) is 0 Å². The number of thiocarbonyl (C=S) groups is 1. The Morgan fingerprint density at radius 1 is 1.23 bits per heavy atom. The number of carbonyl (C=O) groups is 1. The molecule has 0 fully saturated rings. The molecule has 2 aromatic rings. The second-order valence-corrected chi connectivity index (χ2v) is 6.37. The number of rotatable bonds is 2. The Hall–Kier alpha value is -1.85. The molecule has 3 rings (SSSR count). The van der Waals surface area contributed by atoms with E-state index in [1.165, 1.54) is 5.56 Å². The summed E-state index contributed by atoms with van der Waals surface area (Å²) in [6.07, 6.45) is 1.000. The first-order valence-corrected chi connectivity index (χ1v) is 8.53. The molecular weight excluding hydrogens is 312 g/mol. The van der Waals surface area contributed by atoms with Crippen molar-refractivity contribution in [2.45, 2.75) is 18.2 Å². The average molecular weight is 328 g/mol. The highest BCUT2D eigenvalue weighted by molar-refractivity contribution is 8.00. The van der Waals surface area contributed by atoms with E-state index in [4.69, 9.17) is 12.2 Å². The van der Waals surface area contributed by atoms with Crippen LogP contribution in [0.4, 0.5) is 11.4 Å². The van der Waals surface area contributed by atoms with Gasteiger partial charge < -0.3 is 5.32 Å². The Bertz CT molecular complexity index is 713. The zero-order chi connectivity index (χ0) is 15.5. The molecule has 0 aromatic heterocycles. The second kappa shape index (κ2) is 6.50. The Balaban J connectivity index is 1.83. The number of amides is 1. The Kier molecular flexibility index (Phi) is 4.45. The number of hydrogen-bond acceptors (Lipinski definition) is 3. The number of thioether (sulfide) groups is 1. The molecule has 22 heavy (non-hydrogen) atoms. The second-order valence-electron chi connectivity index (χ2n) is 4.97. The maximum Gasteiger partial charge on any atom is 0.243 e. The van der Waals surface area contributed by atoms with Crippen molar-refractivity contribution in [2.75, 3.05) is 16.0 Å². The summed E-state index contributed by atoms with van der Waals surface area (Å²) in [5.41, 5.74) is 3.02. The van der Waals surface area contributed by atoms with Crippen LogP contribution in [-0.4, -0.2) is 16.8 Å². The standard InChI is InChI=1S/C17H16N2OS2/c1-2-12-7-9-13(10-8-12)18-17(21)19-14-5-3-4-6-15(14)22-11-16(19)20/h3-10H,2,11H2,1H3,(H,18,21). The summed E-state index contributed by atoms with van der Waals surface area (Å²) >= 11 is 7.01. The van der Waals surface area contributed by atoms with Gasteiger partial charge in [0.15, 0.2) is 5.11 Å². The SMILES string of the molecule is CCc1ccc(NC(=S)N2C(=O)CSc3ccccc32)cc1. The molecule has 0 radical (unpaired) electrons. The first-order valence-electron chi connectivity index (χ1n) is 7.13. The molecule has 1 amide bonds. The third-order valence-corrected chi connectivity index (χ3v) is 4.86. The number of fused-ring (bicyclic) bond motifs is 1. The monoisotopic (exact) mass is 328 g/mol. The van der Waals surface area contributed by atoms with Crippen LogP contribution in [0.15, 0.2) is 53.4 Å². The van der Waals surface area contributed by atoms with E-state index in [9.17, 15) is 4.79 Å². The third kappa shape index (κ3) is 3.00. The number of para-hydroxylation sites is 1. The molecule has 1 aliphatic rings. The number of nitrogens with zero attached hydrogens (tertiary/aromatic N) is 1. The molecule has 0 unspecified atom stereocenters. The Morgan fingerprint density at radius 3 is 2.68 bits per heavy atom. The Morgan fingerprint density at radius 2 is 1.95 bits per heavy atom. The van der Waals surface area contributed by atoms with Crippen LogP contribution >= 0.6 is 24.0 Å². The van der Waals surface area contributed by atoms with Crippen molar-refractivity contribution >= 4 is 46.4 Å². The van der Waals surface area contributed by atoms with Gasteiger partial charge in [-0.25, -0.2) is 0 Å². The van der Waals surface area contributed by atoms with Gasteiger partial charge in [-0.1, -0.05) is 31.2 Å². The van der Waals surface area contributed by atoms with Crippen LogP contribution in [0.1, 0.15) is 12.5 Å². The molecule has 1 heterocycles. The normalized spacial score (nSPS) is 13.7. The number of hydrogen-bond donors (Lipinski definition) is 1. The maximum atomic E-state index is 12.3. The molecule has 112 valence electrons. The number of anilines is 2. The molecule has 1 aliphatic heterocycles. The summed E-state index contributed by atoms with van der Waals surface area (Å²) < 4.78 is 0. The van der Waals surface area contributed by atoms with E-state index in [0.717, 1.165) is 22.7 Å². The van der Waals surface area contributed by atoms with Gasteiger partial charge in [0.1, 0.15) is 0 Å². The van der Waals surface area contributed by atoms with Crippen LogP contribution in [0.2, 0.25) is 0 Å². The number of aryl methyl sites for hydroxylation is 1. The lowest BCUT2D eigenvalue weighted by molar-refractivity contribution is -0.115. The summed E-state index contributed by atoms with van der Waals surface area (Å²) in [5, 5.41) is 3.58. The number of benzene rings is 2. The van der Waals surface area contributed by atoms with Gasteiger partial charge in [0.05, 0.1) is 11.4 Å². The first-order chi connectivity index (χ1) is 10.7. The lowest BCUT2D eigenvalue weighted by Crippen LogP contribution is -2.43. The number of carbonyl (C=O) groups excluding carboxylic acids is 1. The average Bonchev–Trinajstić information content (AvgIpc) is 2.55. The fourth-order valence-corrected chi connectivity index (χ4v) is 3.54. The highest BCUT2D eigenvalue weighted by atomic mass is 32.2. The van der Waals surface area contributed by atoms with Crippen LogP contribution < -0.4 is 10.2 Å². The Labute approximate surface area is 139 Å². The van der Waals surface area contributed by atoms with Crippen LogP contribution in [-0.2, 0) is 11.2 Å². The summed E-state index contributed by atoms with van der Waals surface area (Å²) in [4.78, 5) is 14.9. The largest absolute Gasteiger partial charge is 0.332 e. The van der Waals surface area contributed by atoms with Crippen molar-refractivity contribution < 1.29 is 4.79 Å². The predicted octanol–water partition coefficient (Wildman–Crippen LogP) is 4.08. The molecule has 3 nitrogen and oxygen atoms in total. The highest BCUT2D eigenvalue weighted by Crippen LogP contribution is 2.35. The van der Waals surface area contributed by atoms with Gasteiger partial charge in [-0.2, -0.15) is 0 Å². The minimum Gasteiger partial charge on any atom is -0.332 e. The molecule has 0 bridgehead atoms. The van der Waals surface area contributed by atoms with E-state index in [0.29, 0.717) is 10.9 Å². The lowest BCUT2D eigenvalue weighted by atomic mass is 10.1. The van der Waals surface area contributed by atoms with E-state index in [1.54, 1.807) is 16.7 Å². The first kappa shape index (κ1) is 15.1. The van der Waals surface area contributed by atoms with Gasteiger partial charge in [0, 0.05) is 10.6 Å². The van der Waals surface area contributed by atoms with Gasteiger partial charge in [0.25, 0.3) is 0 Å². The fraction of sp³-hybridized carbons (Fsp3) is 0.176. The molecule has 0 atom stereocenters. The zero-order valence-electron chi connectivity index (χ0n) is 12.2. The molecule has 2 aromatic carbocycles. The summed E-state index contributed by atoms with van der Waals surface area (Å²) in [7, 11) is 0. The van der Waals surface area contributed by atoms with Crippen molar-refractivity contribution in [1.82, 2.24) is 0 Å². The summed E-state index contributed by atoms with van der Waals surface area (Å²) in [6, 6.07) is 15.9. The molecule has 0 spiro atoms. The van der Waals surface area contributed by atoms with E-state index in [2.05, 4.69) is 24.4 Å². The van der Waals surface area contributed by atoms with Crippen molar-refractivity contribution in [2.24, 2.45) is 0 Å². The lowest BCUT2D eigenvalue weighted by Gasteiger charge is -2.29. The van der Waals surface area contributed by atoms with E-state index >= 15 is 0 Å². The fourth-order valence-electron chi connectivity index (χ4n) is 2.33. The minimum atomic E-state index is 0.00591. The van der Waals surface area contributed by atoms with Gasteiger partial charge >= 0.3 is 0 Å². The van der Waals surface area contributed by atoms with Gasteiger partial charge in [-0.3, -0.25) is 9.69 Å². The zero-order valence-corrected chi connectivity index (χ0v) is 13.8. The van der Waals surface area contributed by atoms with E-state index < -0.39 is 0 Å². The molecule has 5 heteroatoms. The van der Waals surface area contributed by atoms with Crippen molar-refractivity contribution in [3.05, 3.63) is 54.1 Å². The molecular formula is C17H16N2OS2. The molecule has 0 saturated carbocycles. The summed E-state index contributed by atoms with van der Waals surface area (Å²) in [5.74, 6) is 0.416. The van der Waals surface area contributed by atoms with E-state index in [-0.39, 0.29) is 5.91 Å². The maximum absolute atomic E-state index is 12.3. The van der Waals surface area contributed by atoms with Crippen LogP contribution in [0.25, 0.3) is 0 Å². The van der Waals surface area contributed by atoms with Crippen LogP contribution in [0.5, 0.6) is 0 Å². The van der Waals surface area contributed by atoms with Gasteiger partial charge in [0.2, 0.25) is 5.91 Å². The topological polar surface area (TPSA) is 32.3 Å².